The summed E-state index contributed by atoms with van der Waals surface area (Å²) in [6.07, 6.45) is 0. The van der Waals surface area contributed by atoms with Gasteiger partial charge in [0.2, 0.25) is 0 Å². The normalized spacial score (nSPS) is 18.3. The Labute approximate surface area is 243 Å². The summed E-state index contributed by atoms with van der Waals surface area (Å²) < 4.78 is 10.2. The van der Waals surface area contributed by atoms with Gasteiger partial charge in [-0.2, -0.15) is 0 Å². The number of allylic oxidation sites excluding steroid dienone is 2. The van der Waals surface area contributed by atoms with Crippen LogP contribution in [0.25, 0.3) is 0 Å². The number of benzene rings is 2. The molecule has 4 rings (SSSR count). The van der Waals surface area contributed by atoms with Crippen LogP contribution in [0.2, 0.25) is 0 Å². The Kier molecular flexibility index (Phi) is 10.5. The Bertz CT molecular complexity index is 1270. The highest BCUT2D eigenvalue weighted by Crippen LogP contribution is 2.30. The largest absolute Gasteiger partial charge is 0.508 e. The van der Waals surface area contributed by atoms with Gasteiger partial charge in [0.25, 0.3) is 0 Å². The van der Waals surface area contributed by atoms with E-state index in [1.807, 2.05) is 12.1 Å². The van der Waals surface area contributed by atoms with Crippen LogP contribution in [-0.4, -0.2) is 45.6 Å². The number of esters is 2. The van der Waals surface area contributed by atoms with Crippen LogP contribution in [0.3, 0.4) is 0 Å². The summed E-state index contributed by atoms with van der Waals surface area (Å²) in [5, 5.41) is 32.0. The van der Waals surface area contributed by atoms with Crippen molar-refractivity contribution in [1.29, 1.82) is 0 Å². The molecule has 2 unspecified atom stereocenters. The molecular weight excluding hydrogens is 552 g/mol. The van der Waals surface area contributed by atoms with Crippen molar-refractivity contribution in [2.45, 2.75) is 39.8 Å². The number of hydrogen-bond donors (Lipinski definition) is 6. The molecule has 0 fully saturated rings. The van der Waals surface area contributed by atoms with Gasteiger partial charge in [-0.3, -0.25) is 0 Å². The second-order valence-electron chi connectivity index (χ2n) is 8.77. The van der Waals surface area contributed by atoms with E-state index in [9.17, 15) is 19.8 Å². The van der Waals surface area contributed by atoms with E-state index >= 15 is 0 Å². The van der Waals surface area contributed by atoms with Crippen LogP contribution in [0.1, 0.15) is 50.9 Å². The summed E-state index contributed by atoms with van der Waals surface area (Å²) in [5.41, 5.74) is 3.73. The lowest BCUT2D eigenvalue weighted by Gasteiger charge is -2.29. The van der Waals surface area contributed by atoms with Crippen LogP contribution >= 0.6 is 24.4 Å². The minimum absolute atomic E-state index is 0.134. The van der Waals surface area contributed by atoms with E-state index in [0.717, 1.165) is 11.1 Å². The average Bonchev–Trinajstić information content (AvgIpc) is 2.88. The van der Waals surface area contributed by atoms with Crippen molar-refractivity contribution in [3.63, 3.8) is 0 Å². The molecular formula is C28H32N4O6S2. The SMILES string of the molecule is CCOC(=O)C1=C(C)NC(=S)NC1c1cccc(O)c1.CCOC(=O)C1=C(C)NC(=S)NC1c1cccc(O)c1. The van der Waals surface area contributed by atoms with Gasteiger partial charge in [-0.05, 0) is 87.5 Å². The summed E-state index contributed by atoms with van der Waals surface area (Å²) in [6, 6.07) is 12.5. The van der Waals surface area contributed by atoms with Gasteiger partial charge in [0.1, 0.15) is 11.5 Å². The van der Waals surface area contributed by atoms with Crippen LogP contribution < -0.4 is 21.3 Å². The van der Waals surface area contributed by atoms with Gasteiger partial charge in [-0.25, -0.2) is 9.59 Å². The highest BCUT2D eigenvalue weighted by molar-refractivity contribution is 7.80. The zero-order valence-corrected chi connectivity index (χ0v) is 24.2. The Balaban J connectivity index is 0.000000220. The van der Waals surface area contributed by atoms with Gasteiger partial charge in [0, 0.05) is 11.4 Å². The molecule has 2 aliphatic heterocycles. The third-order valence-corrected chi connectivity index (χ3v) is 6.38. The first-order valence-corrected chi connectivity index (χ1v) is 13.4. The molecule has 12 heteroatoms. The summed E-state index contributed by atoms with van der Waals surface area (Å²) in [5.74, 6) is -0.536. The molecule has 0 spiro atoms. The third kappa shape index (κ3) is 7.48. The molecule has 2 atom stereocenters. The maximum atomic E-state index is 12.1. The van der Waals surface area contributed by atoms with Crippen molar-refractivity contribution in [2.24, 2.45) is 0 Å². The topological polar surface area (TPSA) is 141 Å². The summed E-state index contributed by atoms with van der Waals surface area (Å²) >= 11 is 10.3. The maximum absolute atomic E-state index is 12.1. The lowest BCUT2D eigenvalue weighted by Crippen LogP contribution is -2.45. The molecule has 2 heterocycles. The van der Waals surface area contributed by atoms with Crippen LogP contribution in [0, 0.1) is 0 Å². The van der Waals surface area contributed by atoms with Gasteiger partial charge in [-0.15, -0.1) is 0 Å². The van der Waals surface area contributed by atoms with Crippen LogP contribution in [0.15, 0.2) is 71.1 Å². The number of carbonyl (C=O) groups excluding carboxylic acids is 2. The molecule has 10 nitrogen and oxygen atoms in total. The molecule has 0 saturated heterocycles. The molecule has 0 radical (unpaired) electrons. The number of phenols is 2. The molecule has 0 saturated carbocycles. The Hall–Kier alpha value is -4.16. The lowest BCUT2D eigenvalue weighted by molar-refractivity contribution is -0.140. The molecule has 0 bridgehead atoms. The number of phenolic OH excluding ortho intramolecular Hbond substituents is 2. The van der Waals surface area contributed by atoms with Gasteiger partial charge < -0.3 is 41.0 Å². The fourth-order valence-electron chi connectivity index (χ4n) is 4.26. The Morgan fingerprint density at radius 3 is 1.45 bits per heavy atom. The van der Waals surface area contributed by atoms with E-state index in [-0.39, 0.29) is 11.5 Å². The van der Waals surface area contributed by atoms with Gasteiger partial charge in [0.05, 0.1) is 36.4 Å². The zero-order chi connectivity index (χ0) is 29.4. The number of aromatic hydroxyl groups is 2. The van der Waals surface area contributed by atoms with E-state index in [2.05, 4.69) is 21.3 Å². The molecule has 2 aromatic carbocycles. The fourth-order valence-corrected chi connectivity index (χ4v) is 4.80. The quantitative estimate of drug-likeness (QED) is 0.219. The van der Waals surface area contributed by atoms with E-state index < -0.39 is 24.0 Å². The minimum Gasteiger partial charge on any atom is -0.508 e. The number of nitrogens with one attached hydrogen (secondary N) is 4. The van der Waals surface area contributed by atoms with Crippen molar-refractivity contribution in [3.05, 3.63) is 82.2 Å². The summed E-state index contributed by atoms with van der Waals surface area (Å²) in [4.78, 5) is 24.2. The Morgan fingerprint density at radius 2 is 1.12 bits per heavy atom. The first kappa shape index (κ1) is 30.4. The standard InChI is InChI=1S/2C14H16N2O3S/c2*1-3-19-13(18)11-8(2)15-14(20)16-12(11)9-5-4-6-10(17)7-9/h2*4-7,12,17H,3H2,1-2H3,(H2,15,16,20). The third-order valence-electron chi connectivity index (χ3n) is 5.94. The van der Waals surface area contributed by atoms with E-state index in [0.29, 0.717) is 46.0 Å². The van der Waals surface area contributed by atoms with Crippen LogP contribution in [-0.2, 0) is 19.1 Å². The first-order valence-electron chi connectivity index (χ1n) is 12.5. The molecule has 0 aromatic heterocycles. The van der Waals surface area contributed by atoms with E-state index in [1.54, 1.807) is 64.1 Å². The maximum Gasteiger partial charge on any atom is 0.338 e. The zero-order valence-electron chi connectivity index (χ0n) is 22.5. The molecule has 212 valence electrons. The van der Waals surface area contributed by atoms with Gasteiger partial charge in [0.15, 0.2) is 10.2 Å². The highest BCUT2D eigenvalue weighted by atomic mass is 32.1. The molecule has 40 heavy (non-hydrogen) atoms. The lowest BCUT2D eigenvalue weighted by atomic mass is 9.95. The Morgan fingerprint density at radius 1 is 0.750 bits per heavy atom. The van der Waals surface area contributed by atoms with Crippen molar-refractivity contribution in [3.8, 4) is 11.5 Å². The number of hydrogen-bond acceptors (Lipinski definition) is 8. The van der Waals surface area contributed by atoms with Gasteiger partial charge >= 0.3 is 11.9 Å². The summed E-state index contributed by atoms with van der Waals surface area (Å²) in [6.45, 7) is 7.65. The van der Waals surface area contributed by atoms with Crippen LogP contribution in [0.5, 0.6) is 11.5 Å². The monoisotopic (exact) mass is 584 g/mol. The fraction of sp³-hybridized carbons (Fsp3) is 0.286. The highest BCUT2D eigenvalue weighted by Gasteiger charge is 2.32. The molecule has 2 aliphatic rings. The van der Waals surface area contributed by atoms with E-state index in [4.69, 9.17) is 33.9 Å². The molecule has 0 aliphatic carbocycles. The van der Waals surface area contributed by atoms with Crippen molar-refractivity contribution in [2.75, 3.05) is 13.2 Å². The first-order chi connectivity index (χ1) is 19.0. The second kappa shape index (κ2) is 13.8. The molecule has 0 amide bonds. The van der Waals surface area contributed by atoms with Gasteiger partial charge in [-0.1, -0.05) is 24.3 Å². The smallest absolute Gasteiger partial charge is 0.338 e. The predicted molar refractivity (Wildman–Crippen MR) is 158 cm³/mol. The van der Waals surface area contributed by atoms with Crippen molar-refractivity contribution in [1.82, 2.24) is 21.3 Å². The average molecular weight is 585 g/mol. The predicted octanol–water partition coefficient (Wildman–Crippen LogP) is 3.50. The number of ether oxygens (including phenoxy) is 2. The number of carbonyl (C=O) groups is 2. The van der Waals surface area contributed by atoms with Crippen LogP contribution in [0.4, 0.5) is 0 Å². The number of rotatable bonds is 6. The summed E-state index contributed by atoms with van der Waals surface area (Å²) in [7, 11) is 0. The second-order valence-corrected chi connectivity index (χ2v) is 9.59. The van der Waals surface area contributed by atoms with E-state index in [1.165, 1.54) is 0 Å². The van der Waals surface area contributed by atoms with Crippen molar-refractivity contribution < 1.29 is 29.3 Å². The minimum atomic E-state index is -0.435. The molecule has 6 N–H and O–H groups in total. The number of thiocarbonyl (C=S) groups is 2. The van der Waals surface area contributed by atoms with Crippen molar-refractivity contribution >= 4 is 46.6 Å². The molecule has 2 aromatic rings.